The normalized spacial score (nSPS) is 19.9. The molecule has 2 aromatic rings. The molecule has 1 aliphatic rings. The maximum Gasteiger partial charge on any atom is 0.243 e. The van der Waals surface area contributed by atoms with Crippen LogP contribution in [0.15, 0.2) is 18.3 Å². The maximum atomic E-state index is 13.0. The first-order valence-electron chi connectivity index (χ1n) is 5.78. The Hall–Kier alpha value is -1.69. The van der Waals surface area contributed by atoms with E-state index in [4.69, 9.17) is 0 Å². The van der Waals surface area contributed by atoms with Crippen molar-refractivity contribution in [2.75, 3.05) is 25.0 Å². The van der Waals surface area contributed by atoms with Crippen LogP contribution in [0.3, 0.4) is 0 Å². The van der Waals surface area contributed by atoms with Crippen molar-refractivity contribution >= 4 is 11.6 Å². The van der Waals surface area contributed by atoms with Gasteiger partial charge in [0.1, 0.15) is 5.82 Å². The van der Waals surface area contributed by atoms with E-state index in [1.54, 1.807) is 6.07 Å². The van der Waals surface area contributed by atoms with Gasteiger partial charge in [0, 0.05) is 6.54 Å². The zero-order valence-electron chi connectivity index (χ0n) is 9.36. The molecule has 3 heterocycles. The molecule has 1 unspecified atom stereocenters. The van der Waals surface area contributed by atoms with Crippen LogP contribution in [0.25, 0.3) is 5.65 Å². The molecular formula is C11H14FN5. The van der Waals surface area contributed by atoms with Crippen LogP contribution in [0.2, 0.25) is 0 Å². The van der Waals surface area contributed by atoms with E-state index in [0.29, 0.717) is 17.5 Å². The predicted octanol–water partition coefficient (Wildman–Crippen LogP) is 0.890. The topological polar surface area (TPSA) is 54.2 Å². The van der Waals surface area contributed by atoms with Crippen molar-refractivity contribution in [1.29, 1.82) is 0 Å². The van der Waals surface area contributed by atoms with Crippen LogP contribution >= 0.6 is 0 Å². The lowest BCUT2D eigenvalue weighted by molar-refractivity contribution is 0.610. The average molecular weight is 235 g/mol. The van der Waals surface area contributed by atoms with E-state index in [1.807, 2.05) is 0 Å². The summed E-state index contributed by atoms with van der Waals surface area (Å²) in [7, 11) is 0. The molecular weight excluding hydrogens is 221 g/mol. The molecule has 3 rings (SSSR count). The quantitative estimate of drug-likeness (QED) is 0.829. The Kier molecular flexibility index (Phi) is 2.64. The third-order valence-corrected chi connectivity index (χ3v) is 3.01. The largest absolute Gasteiger partial charge is 0.353 e. The summed E-state index contributed by atoms with van der Waals surface area (Å²) >= 11 is 0. The average Bonchev–Trinajstić information content (AvgIpc) is 2.94. The van der Waals surface area contributed by atoms with Crippen molar-refractivity contribution in [2.24, 2.45) is 5.92 Å². The highest BCUT2D eigenvalue weighted by molar-refractivity contribution is 5.43. The first kappa shape index (κ1) is 10.5. The first-order valence-corrected chi connectivity index (χ1v) is 5.78. The Labute approximate surface area is 98.0 Å². The summed E-state index contributed by atoms with van der Waals surface area (Å²) in [5.41, 5.74) is 0.651. The highest BCUT2D eigenvalue weighted by Crippen LogP contribution is 2.10. The number of pyridine rings is 1. The molecule has 1 saturated heterocycles. The molecule has 5 nitrogen and oxygen atoms in total. The van der Waals surface area contributed by atoms with Crippen LogP contribution in [0.1, 0.15) is 6.42 Å². The lowest BCUT2D eigenvalue weighted by Crippen LogP contribution is -2.17. The summed E-state index contributed by atoms with van der Waals surface area (Å²) in [6, 6.07) is 3.00. The van der Waals surface area contributed by atoms with Gasteiger partial charge in [0.2, 0.25) is 5.95 Å². The maximum absolute atomic E-state index is 13.0. The van der Waals surface area contributed by atoms with E-state index in [0.717, 1.165) is 19.6 Å². The Bertz CT molecular complexity index is 518. The van der Waals surface area contributed by atoms with E-state index in [1.165, 1.54) is 23.2 Å². The number of hydrogen-bond acceptors (Lipinski definition) is 4. The zero-order valence-corrected chi connectivity index (χ0v) is 9.36. The summed E-state index contributed by atoms with van der Waals surface area (Å²) in [5.74, 6) is 0.870. The van der Waals surface area contributed by atoms with Gasteiger partial charge in [-0.05, 0) is 37.6 Å². The van der Waals surface area contributed by atoms with Crippen LogP contribution in [0.4, 0.5) is 10.3 Å². The van der Waals surface area contributed by atoms with Crippen molar-refractivity contribution in [3.63, 3.8) is 0 Å². The molecule has 0 aromatic carbocycles. The lowest BCUT2D eigenvalue weighted by atomic mass is 10.1. The van der Waals surface area contributed by atoms with Gasteiger partial charge in [0.15, 0.2) is 5.65 Å². The Morgan fingerprint density at radius 3 is 3.29 bits per heavy atom. The predicted molar refractivity (Wildman–Crippen MR) is 62.4 cm³/mol. The third-order valence-electron chi connectivity index (χ3n) is 3.01. The Morgan fingerprint density at radius 2 is 2.47 bits per heavy atom. The minimum atomic E-state index is -0.311. The molecule has 17 heavy (non-hydrogen) atoms. The van der Waals surface area contributed by atoms with Gasteiger partial charge in [-0.3, -0.25) is 0 Å². The molecule has 90 valence electrons. The fourth-order valence-corrected chi connectivity index (χ4v) is 2.06. The van der Waals surface area contributed by atoms with Gasteiger partial charge < -0.3 is 10.6 Å². The molecule has 0 radical (unpaired) electrons. The van der Waals surface area contributed by atoms with Gasteiger partial charge in [-0.15, -0.1) is 5.10 Å². The van der Waals surface area contributed by atoms with Crippen LogP contribution in [0.5, 0.6) is 0 Å². The minimum Gasteiger partial charge on any atom is -0.353 e. The molecule has 0 bridgehead atoms. The Balaban J connectivity index is 1.72. The summed E-state index contributed by atoms with van der Waals surface area (Å²) in [5, 5.41) is 10.7. The molecule has 1 aliphatic heterocycles. The molecule has 1 fully saturated rings. The molecule has 0 amide bonds. The summed E-state index contributed by atoms with van der Waals surface area (Å²) in [6.07, 6.45) is 2.50. The smallest absolute Gasteiger partial charge is 0.243 e. The molecule has 1 atom stereocenters. The second-order valence-electron chi connectivity index (χ2n) is 4.33. The summed E-state index contributed by atoms with van der Waals surface area (Å²) in [4.78, 5) is 4.27. The first-order chi connectivity index (χ1) is 8.31. The molecule has 0 saturated carbocycles. The SMILES string of the molecule is Fc1ccc2nc(NCC3CCNC3)nn2c1. The number of aromatic nitrogens is 3. The van der Waals surface area contributed by atoms with E-state index in [9.17, 15) is 4.39 Å². The highest BCUT2D eigenvalue weighted by Gasteiger charge is 2.14. The van der Waals surface area contributed by atoms with Crippen molar-refractivity contribution in [2.45, 2.75) is 6.42 Å². The molecule has 2 aromatic heterocycles. The summed E-state index contributed by atoms with van der Waals surface area (Å²) in [6.45, 7) is 2.97. The van der Waals surface area contributed by atoms with Gasteiger partial charge in [0.25, 0.3) is 0 Å². The number of nitrogens with zero attached hydrogens (tertiary/aromatic N) is 3. The number of halogens is 1. The number of anilines is 1. The lowest BCUT2D eigenvalue weighted by Gasteiger charge is -2.07. The van der Waals surface area contributed by atoms with E-state index < -0.39 is 0 Å². The van der Waals surface area contributed by atoms with Crippen LogP contribution in [0, 0.1) is 11.7 Å². The third kappa shape index (κ3) is 2.21. The molecule has 0 aliphatic carbocycles. The monoisotopic (exact) mass is 235 g/mol. The second kappa shape index (κ2) is 4.29. The zero-order chi connectivity index (χ0) is 11.7. The van der Waals surface area contributed by atoms with Gasteiger partial charge >= 0.3 is 0 Å². The second-order valence-corrected chi connectivity index (χ2v) is 4.33. The van der Waals surface area contributed by atoms with Crippen LogP contribution in [-0.2, 0) is 0 Å². The van der Waals surface area contributed by atoms with E-state index >= 15 is 0 Å². The highest BCUT2D eigenvalue weighted by atomic mass is 19.1. The van der Waals surface area contributed by atoms with Crippen molar-refractivity contribution < 1.29 is 4.39 Å². The van der Waals surface area contributed by atoms with Crippen molar-refractivity contribution in [1.82, 2.24) is 19.9 Å². The molecule has 2 N–H and O–H groups in total. The number of nitrogens with one attached hydrogen (secondary N) is 2. The standard InChI is InChI=1S/C11H14FN5/c12-9-1-2-10-15-11(16-17(10)7-9)14-6-8-3-4-13-5-8/h1-2,7-8,13H,3-6H2,(H,14,16). The van der Waals surface area contributed by atoms with Crippen molar-refractivity contribution in [3.05, 3.63) is 24.1 Å². The summed E-state index contributed by atoms with van der Waals surface area (Å²) < 4.78 is 14.4. The van der Waals surface area contributed by atoms with E-state index in [-0.39, 0.29) is 5.82 Å². The fraction of sp³-hybridized carbons (Fsp3) is 0.455. The Morgan fingerprint density at radius 1 is 1.53 bits per heavy atom. The van der Waals surface area contributed by atoms with Gasteiger partial charge in [-0.25, -0.2) is 8.91 Å². The number of hydrogen-bond donors (Lipinski definition) is 2. The minimum absolute atomic E-state index is 0.311. The van der Waals surface area contributed by atoms with Gasteiger partial charge in [-0.1, -0.05) is 0 Å². The van der Waals surface area contributed by atoms with Crippen molar-refractivity contribution in [3.8, 4) is 0 Å². The number of fused-ring (bicyclic) bond motifs is 1. The fourth-order valence-electron chi connectivity index (χ4n) is 2.06. The molecule has 0 spiro atoms. The molecule has 6 heteroatoms. The van der Waals surface area contributed by atoms with Crippen LogP contribution in [-0.4, -0.2) is 34.2 Å². The van der Waals surface area contributed by atoms with Gasteiger partial charge in [0.05, 0.1) is 6.20 Å². The van der Waals surface area contributed by atoms with Gasteiger partial charge in [-0.2, -0.15) is 4.98 Å². The van der Waals surface area contributed by atoms with Crippen LogP contribution < -0.4 is 10.6 Å². The number of rotatable bonds is 3. The van der Waals surface area contributed by atoms with E-state index in [2.05, 4.69) is 20.7 Å².